The Morgan fingerprint density at radius 1 is 1.20 bits per heavy atom. The number of aromatic amines is 1. The molecule has 1 fully saturated rings. The molecule has 0 unspecified atom stereocenters. The van der Waals surface area contributed by atoms with Gasteiger partial charge in [0.1, 0.15) is 11.3 Å². The Labute approximate surface area is 177 Å². The number of halogens is 1. The van der Waals surface area contributed by atoms with E-state index in [0.717, 1.165) is 11.4 Å². The maximum absolute atomic E-state index is 13.1. The minimum Gasteiger partial charge on any atom is -0.368 e. The highest BCUT2D eigenvalue weighted by molar-refractivity contribution is 7.99. The molecule has 0 bridgehead atoms. The summed E-state index contributed by atoms with van der Waals surface area (Å²) in [4.78, 5) is 37.0. The second-order valence-corrected chi connectivity index (χ2v) is 8.23. The van der Waals surface area contributed by atoms with Crippen LogP contribution in [0.2, 0.25) is 0 Å². The van der Waals surface area contributed by atoms with Gasteiger partial charge in [-0.05, 0) is 44.2 Å². The molecule has 0 atom stereocenters. The SMILES string of the molecule is CCn1c(SCC(=O)N2CCN(c3ccc(F)cc3)CC2)nc2cc(C)[nH]c2c1=O. The lowest BCUT2D eigenvalue weighted by atomic mass is 10.2. The fourth-order valence-electron chi connectivity index (χ4n) is 3.68. The minimum atomic E-state index is -0.253. The Kier molecular flexibility index (Phi) is 5.80. The molecule has 1 amide bonds. The molecule has 7 nitrogen and oxygen atoms in total. The number of aryl methyl sites for hydroxylation is 1. The van der Waals surface area contributed by atoms with Gasteiger partial charge in [0.05, 0.1) is 11.3 Å². The monoisotopic (exact) mass is 429 g/mol. The molecule has 0 saturated carbocycles. The molecule has 1 aliphatic rings. The van der Waals surface area contributed by atoms with Crippen LogP contribution in [-0.4, -0.2) is 57.3 Å². The molecule has 9 heteroatoms. The first-order chi connectivity index (χ1) is 14.5. The number of piperazine rings is 1. The summed E-state index contributed by atoms with van der Waals surface area (Å²) in [5, 5.41) is 0.562. The van der Waals surface area contributed by atoms with E-state index in [-0.39, 0.29) is 23.0 Å². The quantitative estimate of drug-likeness (QED) is 0.499. The van der Waals surface area contributed by atoms with E-state index in [1.807, 2.05) is 24.8 Å². The van der Waals surface area contributed by atoms with Gasteiger partial charge in [0.2, 0.25) is 5.91 Å². The summed E-state index contributed by atoms with van der Waals surface area (Å²) < 4.78 is 14.7. The fraction of sp³-hybridized carbons (Fsp3) is 0.381. The number of thioether (sulfide) groups is 1. The van der Waals surface area contributed by atoms with E-state index in [0.29, 0.717) is 48.9 Å². The summed E-state index contributed by atoms with van der Waals surface area (Å²) in [6, 6.07) is 8.27. The number of nitrogens with zero attached hydrogens (tertiary/aromatic N) is 4. The fourth-order valence-corrected chi connectivity index (χ4v) is 4.65. The first kappa shape index (κ1) is 20.5. The van der Waals surface area contributed by atoms with Crippen LogP contribution < -0.4 is 10.5 Å². The number of carbonyl (C=O) groups excluding carboxylic acids is 1. The standard InChI is InChI=1S/C21H24FN5O2S/c1-3-27-20(29)19-17(12-14(2)23-19)24-21(27)30-13-18(28)26-10-8-25(9-11-26)16-6-4-15(22)5-7-16/h4-7,12,23H,3,8-11,13H2,1-2H3. The minimum absolute atomic E-state index is 0.0287. The lowest BCUT2D eigenvalue weighted by molar-refractivity contribution is -0.128. The molecular weight excluding hydrogens is 405 g/mol. The number of hydrogen-bond acceptors (Lipinski definition) is 5. The normalized spacial score (nSPS) is 14.5. The zero-order valence-electron chi connectivity index (χ0n) is 17.0. The van der Waals surface area contributed by atoms with Crippen LogP contribution in [0.15, 0.2) is 40.3 Å². The van der Waals surface area contributed by atoms with Crippen LogP contribution in [0.5, 0.6) is 0 Å². The van der Waals surface area contributed by atoms with Gasteiger partial charge in [0, 0.05) is 44.1 Å². The first-order valence-electron chi connectivity index (χ1n) is 9.97. The Bertz CT molecular complexity index is 1120. The van der Waals surface area contributed by atoms with Crippen molar-refractivity contribution in [3.8, 4) is 0 Å². The van der Waals surface area contributed by atoms with Crippen LogP contribution in [0.1, 0.15) is 12.6 Å². The van der Waals surface area contributed by atoms with Gasteiger partial charge >= 0.3 is 0 Å². The molecule has 0 aliphatic carbocycles. The summed E-state index contributed by atoms with van der Waals surface area (Å²) in [5.41, 5.74) is 2.86. The van der Waals surface area contributed by atoms with Crippen molar-refractivity contribution in [3.05, 3.63) is 52.2 Å². The van der Waals surface area contributed by atoms with Gasteiger partial charge in [-0.15, -0.1) is 0 Å². The summed E-state index contributed by atoms with van der Waals surface area (Å²) in [6.45, 7) is 6.90. The van der Waals surface area contributed by atoms with Crippen molar-refractivity contribution in [3.63, 3.8) is 0 Å². The summed E-state index contributed by atoms with van der Waals surface area (Å²) in [5.74, 6) is 0.00972. The highest BCUT2D eigenvalue weighted by atomic mass is 32.2. The van der Waals surface area contributed by atoms with E-state index in [2.05, 4.69) is 14.9 Å². The van der Waals surface area contributed by atoms with Crippen molar-refractivity contribution in [1.29, 1.82) is 0 Å². The average Bonchev–Trinajstić information content (AvgIpc) is 3.13. The molecular formula is C21H24FN5O2S. The zero-order valence-corrected chi connectivity index (χ0v) is 17.8. The second kappa shape index (κ2) is 8.51. The number of nitrogens with one attached hydrogen (secondary N) is 1. The Hall–Kier alpha value is -2.81. The highest BCUT2D eigenvalue weighted by Crippen LogP contribution is 2.20. The molecule has 0 radical (unpaired) electrons. The van der Waals surface area contributed by atoms with Gasteiger partial charge in [0.15, 0.2) is 5.16 Å². The molecule has 3 heterocycles. The maximum atomic E-state index is 13.1. The van der Waals surface area contributed by atoms with Gasteiger partial charge in [-0.3, -0.25) is 14.2 Å². The molecule has 0 spiro atoms. The Balaban J connectivity index is 1.39. The van der Waals surface area contributed by atoms with Crippen molar-refractivity contribution in [2.45, 2.75) is 25.5 Å². The first-order valence-corrected chi connectivity index (χ1v) is 11.0. The molecule has 1 aliphatic heterocycles. The zero-order chi connectivity index (χ0) is 21.3. The lowest BCUT2D eigenvalue weighted by Crippen LogP contribution is -2.49. The van der Waals surface area contributed by atoms with Crippen molar-refractivity contribution in [2.24, 2.45) is 0 Å². The van der Waals surface area contributed by atoms with Crippen LogP contribution in [0.4, 0.5) is 10.1 Å². The largest absolute Gasteiger partial charge is 0.368 e. The number of rotatable bonds is 5. The number of anilines is 1. The van der Waals surface area contributed by atoms with E-state index in [1.165, 1.54) is 23.9 Å². The number of H-pyrrole nitrogens is 1. The third kappa shape index (κ3) is 4.07. The van der Waals surface area contributed by atoms with Crippen LogP contribution in [0.3, 0.4) is 0 Å². The van der Waals surface area contributed by atoms with Gasteiger partial charge in [-0.25, -0.2) is 9.37 Å². The van der Waals surface area contributed by atoms with Gasteiger partial charge in [-0.1, -0.05) is 11.8 Å². The van der Waals surface area contributed by atoms with Crippen LogP contribution in [0, 0.1) is 12.7 Å². The molecule has 3 aromatic rings. The third-order valence-electron chi connectivity index (χ3n) is 5.30. The van der Waals surface area contributed by atoms with Crippen molar-refractivity contribution < 1.29 is 9.18 Å². The topological polar surface area (TPSA) is 74.2 Å². The lowest BCUT2D eigenvalue weighted by Gasteiger charge is -2.36. The number of fused-ring (bicyclic) bond motifs is 1. The van der Waals surface area contributed by atoms with E-state index >= 15 is 0 Å². The summed E-state index contributed by atoms with van der Waals surface area (Å²) in [7, 11) is 0. The molecule has 1 aromatic carbocycles. The predicted octanol–water partition coefficient (Wildman–Crippen LogP) is 2.63. The van der Waals surface area contributed by atoms with Gasteiger partial charge < -0.3 is 14.8 Å². The second-order valence-electron chi connectivity index (χ2n) is 7.29. The van der Waals surface area contributed by atoms with Crippen molar-refractivity contribution >= 4 is 34.4 Å². The predicted molar refractivity (Wildman–Crippen MR) is 117 cm³/mol. The molecule has 2 aromatic heterocycles. The smallest absolute Gasteiger partial charge is 0.278 e. The molecule has 30 heavy (non-hydrogen) atoms. The van der Waals surface area contributed by atoms with Crippen LogP contribution >= 0.6 is 11.8 Å². The molecule has 1 saturated heterocycles. The van der Waals surface area contributed by atoms with Crippen molar-refractivity contribution in [2.75, 3.05) is 36.8 Å². The van der Waals surface area contributed by atoms with E-state index < -0.39 is 0 Å². The number of hydrogen-bond donors (Lipinski definition) is 1. The van der Waals surface area contributed by atoms with Gasteiger partial charge in [0.25, 0.3) is 5.56 Å². The van der Waals surface area contributed by atoms with Crippen LogP contribution in [0.25, 0.3) is 11.0 Å². The van der Waals surface area contributed by atoms with Gasteiger partial charge in [-0.2, -0.15) is 0 Å². The number of carbonyl (C=O) groups is 1. The van der Waals surface area contributed by atoms with Crippen LogP contribution in [-0.2, 0) is 11.3 Å². The Morgan fingerprint density at radius 2 is 1.90 bits per heavy atom. The number of aromatic nitrogens is 3. The average molecular weight is 430 g/mol. The molecule has 1 N–H and O–H groups in total. The number of amides is 1. The van der Waals surface area contributed by atoms with Crippen molar-refractivity contribution in [1.82, 2.24) is 19.4 Å². The van der Waals surface area contributed by atoms with E-state index in [4.69, 9.17) is 0 Å². The maximum Gasteiger partial charge on any atom is 0.278 e. The molecule has 158 valence electrons. The third-order valence-corrected chi connectivity index (χ3v) is 6.26. The molecule has 4 rings (SSSR count). The van der Waals surface area contributed by atoms with E-state index in [1.54, 1.807) is 16.7 Å². The Morgan fingerprint density at radius 3 is 2.57 bits per heavy atom. The summed E-state index contributed by atoms with van der Waals surface area (Å²) in [6.07, 6.45) is 0. The highest BCUT2D eigenvalue weighted by Gasteiger charge is 2.22. The number of benzene rings is 1. The summed E-state index contributed by atoms with van der Waals surface area (Å²) >= 11 is 1.30. The van der Waals surface area contributed by atoms with E-state index in [9.17, 15) is 14.0 Å².